The number of pyridine rings is 2. The zero-order valence-electron chi connectivity index (χ0n) is 10.3. The Morgan fingerprint density at radius 3 is 2.53 bits per heavy atom. The molecule has 88 valence electrons. The van der Waals surface area contributed by atoms with Crippen molar-refractivity contribution in [1.29, 1.82) is 0 Å². The lowest BCUT2D eigenvalue weighted by Gasteiger charge is -2.05. The zero-order valence-corrected chi connectivity index (χ0v) is 10.3. The molecule has 0 atom stereocenters. The van der Waals surface area contributed by atoms with Gasteiger partial charge in [0.1, 0.15) is 5.82 Å². The highest BCUT2D eigenvalue weighted by Gasteiger charge is 2.03. The van der Waals surface area contributed by atoms with Crippen LogP contribution in [0.5, 0.6) is 0 Å². The summed E-state index contributed by atoms with van der Waals surface area (Å²) in [6.45, 7) is 5.70. The maximum Gasteiger partial charge on any atom is 0.144 e. The topological polar surface area (TPSA) is 25.8 Å². The van der Waals surface area contributed by atoms with Gasteiger partial charge in [0, 0.05) is 24.0 Å². The molecule has 0 saturated carbocycles. The molecule has 0 saturated heterocycles. The Morgan fingerprint density at radius 1 is 1.12 bits per heavy atom. The highest BCUT2D eigenvalue weighted by atomic mass is 19.1. The lowest BCUT2D eigenvalue weighted by molar-refractivity contribution is 0.607. The van der Waals surface area contributed by atoms with E-state index in [-0.39, 0.29) is 5.82 Å². The molecule has 0 fully saturated rings. The van der Waals surface area contributed by atoms with Gasteiger partial charge in [0.05, 0.1) is 5.69 Å². The summed E-state index contributed by atoms with van der Waals surface area (Å²) in [6.07, 6.45) is 2.54. The van der Waals surface area contributed by atoms with Gasteiger partial charge in [-0.3, -0.25) is 9.97 Å². The summed E-state index contributed by atoms with van der Waals surface area (Å²) in [5.41, 5.74) is 4.62. The predicted molar refractivity (Wildman–Crippen MR) is 65.4 cm³/mol. The number of hydrogen-bond donors (Lipinski definition) is 0. The van der Waals surface area contributed by atoms with E-state index in [4.69, 9.17) is 0 Å². The fourth-order valence-electron chi connectivity index (χ4n) is 1.70. The summed E-state index contributed by atoms with van der Waals surface area (Å²) >= 11 is 0. The SMILES string of the molecule is Cc1cc(Cc2ccc(F)c(C)n2)cnc1C. The van der Waals surface area contributed by atoms with E-state index in [9.17, 15) is 4.39 Å². The number of hydrogen-bond acceptors (Lipinski definition) is 2. The Labute approximate surface area is 101 Å². The third kappa shape index (κ3) is 2.67. The molecule has 0 aliphatic rings. The van der Waals surface area contributed by atoms with Crippen molar-refractivity contribution in [2.24, 2.45) is 0 Å². The standard InChI is InChI=1S/C14H15FN2/c1-9-6-12(8-16-10(9)2)7-13-4-5-14(15)11(3)17-13/h4-6,8H,7H2,1-3H3. The van der Waals surface area contributed by atoms with Crippen LogP contribution < -0.4 is 0 Å². The number of halogens is 1. The second-order valence-corrected chi connectivity index (χ2v) is 4.29. The van der Waals surface area contributed by atoms with Crippen LogP contribution >= 0.6 is 0 Å². The minimum Gasteiger partial charge on any atom is -0.261 e. The first-order chi connectivity index (χ1) is 8.06. The van der Waals surface area contributed by atoms with E-state index in [1.54, 1.807) is 13.0 Å². The Balaban J connectivity index is 2.25. The number of rotatable bonds is 2. The normalized spacial score (nSPS) is 10.6. The fourth-order valence-corrected chi connectivity index (χ4v) is 1.70. The van der Waals surface area contributed by atoms with Gasteiger partial charge in [-0.2, -0.15) is 0 Å². The lowest BCUT2D eigenvalue weighted by Crippen LogP contribution is -1.98. The van der Waals surface area contributed by atoms with E-state index in [1.165, 1.54) is 11.6 Å². The Hall–Kier alpha value is -1.77. The molecule has 0 aromatic carbocycles. The quantitative estimate of drug-likeness (QED) is 0.792. The van der Waals surface area contributed by atoms with E-state index in [2.05, 4.69) is 16.0 Å². The summed E-state index contributed by atoms with van der Waals surface area (Å²) in [4.78, 5) is 8.53. The smallest absolute Gasteiger partial charge is 0.144 e. The largest absolute Gasteiger partial charge is 0.261 e. The van der Waals surface area contributed by atoms with E-state index in [1.807, 2.05) is 20.0 Å². The van der Waals surface area contributed by atoms with Crippen LogP contribution in [0.15, 0.2) is 24.4 Å². The van der Waals surface area contributed by atoms with Crippen molar-refractivity contribution in [1.82, 2.24) is 9.97 Å². The molecule has 0 aliphatic carbocycles. The third-order valence-corrected chi connectivity index (χ3v) is 2.86. The van der Waals surface area contributed by atoms with Gasteiger partial charge in [0.25, 0.3) is 0 Å². The van der Waals surface area contributed by atoms with Crippen molar-refractivity contribution in [2.45, 2.75) is 27.2 Å². The summed E-state index contributed by atoms with van der Waals surface area (Å²) in [7, 11) is 0. The van der Waals surface area contributed by atoms with E-state index in [0.29, 0.717) is 12.1 Å². The van der Waals surface area contributed by atoms with Gasteiger partial charge in [-0.05, 0) is 44.0 Å². The van der Waals surface area contributed by atoms with Crippen LogP contribution in [0.3, 0.4) is 0 Å². The zero-order chi connectivity index (χ0) is 12.4. The van der Waals surface area contributed by atoms with Crippen molar-refractivity contribution in [3.05, 3.63) is 58.4 Å². The highest BCUT2D eigenvalue weighted by molar-refractivity contribution is 5.27. The van der Waals surface area contributed by atoms with Gasteiger partial charge in [-0.15, -0.1) is 0 Å². The molecule has 0 aliphatic heterocycles. The summed E-state index contributed by atoms with van der Waals surface area (Å²) in [5, 5.41) is 0. The Bertz CT molecular complexity index is 500. The molecule has 0 spiro atoms. The predicted octanol–water partition coefficient (Wildman–Crippen LogP) is 3.13. The molecule has 2 heterocycles. The molecule has 17 heavy (non-hydrogen) atoms. The molecule has 0 amide bonds. The molecular formula is C14H15FN2. The monoisotopic (exact) mass is 230 g/mol. The minimum absolute atomic E-state index is 0.257. The Morgan fingerprint density at radius 2 is 1.88 bits per heavy atom. The molecule has 0 N–H and O–H groups in total. The molecule has 0 unspecified atom stereocenters. The molecule has 2 rings (SSSR count). The summed E-state index contributed by atoms with van der Waals surface area (Å²) in [5.74, 6) is -0.257. The first-order valence-electron chi connectivity index (χ1n) is 5.60. The number of nitrogens with zero attached hydrogens (tertiary/aromatic N) is 2. The van der Waals surface area contributed by atoms with Crippen molar-refractivity contribution in [3.63, 3.8) is 0 Å². The minimum atomic E-state index is -0.257. The van der Waals surface area contributed by atoms with Crippen molar-refractivity contribution in [2.75, 3.05) is 0 Å². The molecule has 3 heteroatoms. The van der Waals surface area contributed by atoms with Gasteiger partial charge in [0.15, 0.2) is 0 Å². The van der Waals surface area contributed by atoms with E-state index in [0.717, 1.165) is 17.0 Å². The number of aromatic nitrogens is 2. The van der Waals surface area contributed by atoms with Crippen LogP contribution in [0, 0.1) is 26.6 Å². The fraction of sp³-hybridized carbons (Fsp3) is 0.286. The average Bonchev–Trinajstić information content (AvgIpc) is 2.29. The maximum atomic E-state index is 13.1. The third-order valence-electron chi connectivity index (χ3n) is 2.86. The maximum absolute atomic E-state index is 13.1. The van der Waals surface area contributed by atoms with Crippen LogP contribution in [0.25, 0.3) is 0 Å². The second kappa shape index (κ2) is 4.62. The lowest BCUT2D eigenvalue weighted by atomic mass is 10.1. The van der Waals surface area contributed by atoms with Gasteiger partial charge in [0.2, 0.25) is 0 Å². The van der Waals surface area contributed by atoms with Crippen LogP contribution in [0.2, 0.25) is 0 Å². The van der Waals surface area contributed by atoms with Crippen molar-refractivity contribution < 1.29 is 4.39 Å². The van der Waals surface area contributed by atoms with Crippen LogP contribution in [-0.4, -0.2) is 9.97 Å². The van der Waals surface area contributed by atoms with Crippen molar-refractivity contribution in [3.8, 4) is 0 Å². The first kappa shape index (κ1) is 11.7. The highest BCUT2D eigenvalue weighted by Crippen LogP contribution is 2.12. The molecule has 2 nitrogen and oxygen atoms in total. The van der Waals surface area contributed by atoms with Crippen LogP contribution in [0.1, 0.15) is 28.2 Å². The van der Waals surface area contributed by atoms with Gasteiger partial charge >= 0.3 is 0 Å². The van der Waals surface area contributed by atoms with Gasteiger partial charge in [-0.25, -0.2) is 4.39 Å². The van der Waals surface area contributed by atoms with Gasteiger partial charge < -0.3 is 0 Å². The van der Waals surface area contributed by atoms with Crippen LogP contribution in [0.4, 0.5) is 4.39 Å². The van der Waals surface area contributed by atoms with Gasteiger partial charge in [-0.1, -0.05) is 6.07 Å². The van der Waals surface area contributed by atoms with E-state index >= 15 is 0 Å². The molecule has 0 radical (unpaired) electrons. The summed E-state index contributed by atoms with van der Waals surface area (Å²) in [6, 6.07) is 5.28. The van der Waals surface area contributed by atoms with E-state index < -0.39 is 0 Å². The Kier molecular flexibility index (Phi) is 3.18. The van der Waals surface area contributed by atoms with Crippen LogP contribution in [-0.2, 0) is 6.42 Å². The second-order valence-electron chi connectivity index (χ2n) is 4.29. The molecule has 2 aromatic rings. The number of aryl methyl sites for hydroxylation is 3. The molecule has 0 bridgehead atoms. The average molecular weight is 230 g/mol. The molecule has 2 aromatic heterocycles. The van der Waals surface area contributed by atoms with Crippen molar-refractivity contribution >= 4 is 0 Å². The first-order valence-corrected chi connectivity index (χ1v) is 5.60. The summed E-state index contributed by atoms with van der Waals surface area (Å²) < 4.78 is 13.1. The molecular weight excluding hydrogens is 215 g/mol.